The van der Waals surface area contributed by atoms with E-state index in [0.717, 1.165) is 30.5 Å². The second-order valence-corrected chi connectivity index (χ2v) is 6.72. The first-order valence-electron chi connectivity index (χ1n) is 8.14. The zero-order valence-electron chi connectivity index (χ0n) is 12.6. The lowest BCUT2D eigenvalue weighted by Gasteiger charge is -2.39. The smallest absolute Gasteiger partial charge is 0.0108 e. The molecule has 2 rings (SSSR count). The van der Waals surface area contributed by atoms with Crippen LogP contribution in [0.4, 0.5) is 0 Å². The van der Waals surface area contributed by atoms with Gasteiger partial charge >= 0.3 is 0 Å². The monoisotopic (exact) mass is 252 g/mol. The van der Waals surface area contributed by atoms with E-state index in [2.05, 4.69) is 31.1 Å². The van der Waals surface area contributed by atoms with Crippen LogP contribution in [-0.2, 0) is 0 Å². The van der Waals surface area contributed by atoms with E-state index in [1.807, 2.05) is 0 Å². The van der Waals surface area contributed by atoms with Crippen molar-refractivity contribution in [3.8, 4) is 0 Å². The summed E-state index contributed by atoms with van der Waals surface area (Å²) in [4.78, 5) is 2.67. The molecule has 0 heterocycles. The minimum Gasteiger partial charge on any atom is -0.314 e. The molecule has 0 saturated heterocycles. The molecule has 0 aromatic heterocycles. The summed E-state index contributed by atoms with van der Waals surface area (Å²) in [6, 6.07) is 1.65. The molecule has 0 aromatic rings. The van der Waals surface area contributed by atoms with E-state index in [9.17, 15) is 0 Å². The number of hydrogen-bond acceptors (Lipinski definition) is 2. The van der Waals surface area contributed by atoms with Crippen molar-refractivity contribution in [3.63, 3.8) is 0 Å². The Labute approximate surface area is 114 Å². The van der Waals surface area contributed by atoms with Gasteiger partial charge in [0.2, 0.25) is 0 Å². The highest BCUT2D eigenvalue weighted by Gasteiger charge is 2.30. The van der Waals surface area contributed by atoms with Crippen molar-refractivity contribution in [1.82, 2.24) is 10.2 Å². The summed E-state index contributed by atoms with van der Waals surface area (Å²) in [6.45, 7) is 7.12. The van der Waals surface area contributed by atoms with Crippen molar-refractivity contribution in [3.05, 3.63) is 0 Å². The topological polar surface area (TPSA) is 15.3 Å². The lowest BCUT2D eigenvalue weighted by molar-refractivity contribution is 0.136. The molecule has 2 saturated carbocycles. The van der Waals surface area contributed by atoms with Crippen molar-refractivity contribution in [2.24, 2.45) is 11.8 Å². The third kappa shape index (κ3) is 3.71. The van der Waals surface area contributed by atoms with Crippen molar-refractivity contribution in [1.29, 1.82) is 0 Å². The third-order valence-corrected chi connectivity index (χ3v) is 5.18. The van der Waals surface area contributed by atoms with E-state index in [0.29, 0.717) is 0 Å². The van der Waals surface area contributed by atoms with E-state index in [1.54, 1.807) is 0 Å². The highest BCUT2D eigenvalue weighted by atomic mass is 15.1. The fraction of sp³-hybridized carbons (Fsp3) is 1.00. The average molecular weight is 252 g/mol. The van der Waals surface area contributed by atoms with Crippen LogP contribution in [0, 0.1) is 11.8 Å². The van der Waals surface area contributed by atoms with Crippen molar-refractivity contribution >= 4 is 0 Å². The first kappa shape index (κ1) is 14.3. The molecule has 2 aliphatic carbocycles. The van der Waals surface area contributed by atoms with Crippen LogP contribution >= 0.6 is 0 Å². The first-order valence-corrected chi connectivity index (χ1v) is 8.14. The maximum absolute atomic E-state index is 3.72. The molecule has 2 nitrogen and oxygen atoms in total. The molecule has 3 atom stereocenters. The second-order valence-electron chi connectivity index (χ2n) is 6.72. The number of nitrogens with zero attached hydrogens (tertiary/aromatic N) is 1. The summed E-state index contributed by atoms with van der Waals surface area (Å²) in [6.07, 6.45) is 10.0. The molecule has 1 N–H and O–H groups in total. The molecule has 2 heteroatoms. The molecule has 0 amide bonds. The lowest BCUT2D eigenvalue weighted by atomic mass is 9.78. The average Bonchev–Trinajstić information content (AvgIpc) is 2.86. The molecule has 3 unspecified atom stereocenters. The van der Waals surface area contributed by atoms with E-state index < -0.39 is 0 Å². The summed E-state index contributed by atoms with van der Waals surface area (Å²) >= 11 is 0. The van der Waals surface area contributed by atoms with Crippen LogP contribution in [0.15, 0.2) is 0 Å². The summed E-state index contributed by atoms with van der Waals surface area (Å²) in [5, 5.41) is 3.72. The Morgan fingerprint density at radius 2 is 1.83 bits per heavy atom. The summed E-state index contributed by atoms with van der Waals surface area (Å²) in [5.74, 6) is 1.81. The quantitative estimate of drug-likeness (QED) is 0.808. The van der Waals surface area contributed by atoms with Gasteiger partial charge in [-0.3, -0.25) is 0 Å². The van der Waals surface area contributed by atoms with Crippen LogP contribution in [-0.4, -0.2) is 37.1 Å². The van der Waals surface area contributed by atoms with E-state index in [1.165, 1.54) is 51.5 Å². The third-order valence-electron chi connectivity index (χ3n) is 5.18. The Kier molecular flexibility index (Phi) is 5.50. The highest BCUT2D eigenvalue weighted by Crippen LogP contribution is 2.31. The van der Waals surface area contributed by atoms with Crippen molar-refractivity contribution in [2.75, 3.05) is 20.1 Å². The Balaban J connectivity index is 1.86. The molecule has 2 fully saturated rings. The standard InChI is InChI=1S/C16H32N2/c1-4-17-16-10-9-13(2)11-14(16)12-18(3)15-7-5-6-8-15/h13-17H,4-12H2,1-3H3. The van der Waals surface area contributed by atoms with Crippen LogP contribution in [0.1, 0.15) is 58.8 Å². The number of nitrogens with one attached hydrogen (secondary N) is 1. The van der Waals surface area contributed by atoms with Gasteiger partial charge in [0, 0.05) is 18.6 Å². The Bertz CT molecular complexity index is 235. The van der Waals surface area contributed by atoms with Crippen LogP contribution in [0.5, 0.6) is 0 Å². The molecule has 2 aliphatic rings. The predicted octanol–water partition coefficient (Wildman–Crippen LogP) is 3.28. The predicted molar refractivity (Wildman–Crippen MR) is 78.9 cm³/mol. The van der Waals surface area contributed by atoms with Gasteiger partial charge in [0.1, 0.15) is 0 Å². The normalized spacial score (nSPS) is 34.3. The van der Waals surface area contributed by atoms with Gasteiger partial charge in [0.15, 0.2) is 0 Å². The zero-order valence-corrected chi connectivity index (χ0v) is 12.6. The Morgan fingerprint density at radius 3 is 2.50 bits per heavy atom. The van der Waals surface area contributed by atoms with Gasteiger partial charge in [-0.05, 0) is 57.5 Å². The maximum Gasteiger partial charge on any atom is 0.0108 e. The molecule has 0 bridgehead atoms. The highest BCUT2D eigenvalue weighted by molar-refractivity contribution is 4.86. The van der Waals surface area contributed by atoms with Gasteiger partial charge in [-0.25, -0.2) is 0 Å². The molecule has 106 valence electrons. The SMILES string of the molecule is CCNC1CCC(C)CC1CN(C)C1CCCC1. The Hall–Kier alpha value is -0.0800. The fourth-order valence-electron chi connectivity index (χ4n) is 4.10. The summed E-state index contributed by atoms with van der Waals surface area (Å²) in [5.41, 5.74) is 0. The molecular weight excluding hydrogens is 220 g/mol. The van der Waals surface area contributed by atoms with Crippen LogP contribution < -0.4 is 5.32 Å². The van der Waals surface area contributed by atoms with Crippen LogP contribution in [0.25, 0.3) is 0 Å². The molecular formula is C16H32N2. The first-order chi connectivity index (χ1) is 8.70. The van der Waals surface area contributed by atoms with Gasteiger partial charge in [0.25, 0.3) is 0 Å². The van der Waals surface area contributed by atoms with Crippen molar-refractivity contribution in [2.45, 2.75) is 70.9 Å². The minimum atomic E-state index is 0.773. The number of rotatable bonds is 5. The largest absolute Gasteiger partial charge is 0.314 e. The summed E-state index contributed by atoms with van der Waals surface area (Å²) in [7, 11) is 2.36. The minimum absolute atomic E-state index is 0.773. The summed E-state index contributed by atoms with van der Waals surface area (Å²) < 4.78 is 0. The maximum atomic E-state index is 3.72. The molecule has 0 aromatic carbocycles. The van der Waals surface area contributed by atoms with Gasteiger partial charge in [-0.15, -0.1) is 0 Å². The van der Waals surface area contributed by atoms with E-state index >= 15 is 0 Å². The van der Waals surface area contributed by atoms with E-state index in [4.69, 9.17) is 0 Å². The molecule has 0 aliphatic heterocycles. The Morgan fingerprint density at radius 1 is 1.11 bits per heavy atom. The van der Waals surface area contributed by atoms with Crippen LogP contribution in [0.3, 0.4) is 0 Å². The van der Waals surface area contributed by atoms with Crippen LogP contribution in [0.2, 0.25) is 0 Å². The van der Waals surface area contributed by atoms with Gasteiger partial charge in [-0.2, -0.15) is 0 Å². The lowest BCUT2D eigenvalue weighted by Crippen LogP contribution is -2.46. The van der Waals surface area contributed by atoms with Crippen molar-refractivity contribution < 1.29 is 0 Å². The van der Waals surface area contributed by atoms with Gasteiger partial charge in [0.05, 0.1) is 0 Å². The molecule has 0 radical (unpaired) electrons. The molecule has 18 heavy (non-hydrogen) atoms. The van der Waals surface area contributed by atoms with E-state index in [-0.39, 0.29) is 0 Å². The fourth-order valence-corrected chi connectivity index (χ4v) is 4.10. The molecule has 0 spiro atoms. The number of hydrogen-bond donors (Lipinski definition) is 1. The van der Waals surface area contributed by atoms with Gasteiger partial charge < -0.3 is 10.2 Å². The second kappa shape index (κ2) is 6.91. The van der Waals surface area contributed by atoms with Gasteiger partial charge in [-0.1, -0.05) is 26.7 Å². The zero-order chi connectivity index (χ0) is 13.0.